The summed E-state index contributed by atoms with van der Waals surface area (Å²) in [7, 11) is 0. The van der Waals surface area contributed by atoms with Crippen molar-refractivity contribution in [2.45, 2.75) is 24.4 Å². The van der Waals surface area contributed by atoms with Crippen LogP contribution in [0.15, 0.2) is 36.4 Å². The first kappa shape index (κ1) is 18.1. The van der Waals surface area contributed by atoms with Crippen molar-refractivity contribution in [3.05, 3.63) is 69.0 Å². The molecule has 3 atom stereocenters. The largest absolute Gasteiger partial charge is 0.347 e. The van der Waals surface area contributed by atoms with Gasteiger partial charge in [-0.25, -0.2) is 9.18 Å². The average molecular weight is 408 g/mol. The molecule has 0 saturated carbocycles. The summed E-state index contributed by atoms with van der Waals surface area (Å²) in [5.41, 5.74) is 2.79. The number of halogens is 3. The van der Waals surface area contributed by atoms with Gasteiger partial charge in [0, 0.05) is 17.5 Å². The molecule has 8 heteroatoms. The van der Waals surface area contributed by atoms with Crippen LogP contribution in [0.2, 0.25) is 10.0 Å². The Bertz CT molecular complexity index is 937. The van der Waals surface area contributed by atoms with E-state index in [4.69, 9.17) is 23.2 Å². The lowest BCUT2D eigenvalue weighted by Crippen LogP contribution is -2.46. The van der Waals surface area contributed by atoms with Gasteiger partial charge in [-0.3, -0.25) is 4.79 Å². The van der Waals surface area contributed by atoms with Gasteiger partial charge >= 0.3 is 6.03 Å². The van der Waals surface area contributed by atoms with Crippen LogP contribution in [0.1, 0.15) is 28.7 Å². The third kappa shape index (κ3) is 3.35. The van der Waals surface area contributed by atoms with Crippen molar-refractivity contribution in [1.82, 2.24) is 16.0 Å². The quantitative estimate of drug-likeness (QED) is 0.727. The van der Waals surface area contributed by atoms with Crippen molar-refractivity contribution in [3.8, 4) is 0 Å². The molecule has 2 aliphatic rings. The Morgan fingerprint density at radius 3 is 2.74 bits per heavy atom. The van der Waals surface area contributed by atoms with Crippen LogP contribution in [0, 0.1) is 5.82 Å². The second kappa shape index (κ2) is 7.02. The maximum absolute atomic E-state index is 13.6. The maximum Gasteiger partial charge on any atom is 0.315 e. The normalized spacial score (nSPS) is 21.5. The van der Waals surface area contributed by atoms with E-state index >= 15 is 0 Å². The van der Waals surface area contributed by atoms with Gasteiger partial charge in [-0.2, -0.15) is 0 Å². The number of benzene rings is 2. The van der Waals surface area contributed by atoms with Crippen LogP contribution in [0.3, 0.4) is 0 Å². The van der Waals surface area contributed by atoms with E-state index in [-0.39, 0.29) is 29.4 Å². The number of nitrogens with one attached hydrogen (secondary N) is 3. The highest BCUT2D eigenvalue weighted by atomic mass is 35.5. The van der Waals surface area contributed by atoms with Crippen molar-refractivity contribution in [2.24, 2.45) is 0 Å². The van der Waals surface area contributed by atoms with Crippen LogP contribution < -0.4 is 16.0 Å². The first-order valence-electron chi connectivity index (χ1n) is 8.51. The van der Waals surface area contributed by atoms with Crippen LogP contribution in [-0.4, -0.2) is 24.5 Å². The Labute approximate surface area is 165 Å². The molecule has 2 aromatic carbocycles. The van der Waals surface area contributed by atoms with Gasteiger partial charge in [-0.15, -0.1) is 0 Å². The summed E-state index contributed by atoms with van der Waals surface area (Å²) in [4.78, 5) is 24.0. The van der Waals surface area contributed by atoms with Crippen molar-refractivity contribution in [3.63, 3.8) is 0 Å². The Morgan fingerprint density at radius 2 is 2.04 bits per heavy atom. The molecule has 140 valence electrons. The number of fused-ring (bicyclic) bond motifs is 1. The number of rotatable bonds is 4. The molecule has 4 rings (SSSR count). The lowest BCUT2D eigenvalue weighted by Gasteiger charge is -2.38. The molecule has 1 aliphatic carbocycles. The number of hydrogen-bond acceptors (Lipinski definition) is 2. The van der Waals surface area contributed by atoms with E-state index in [0.717, 1.165) is 11.1 Å². The first-order chi connectivity index (χ1) is 12.9. The Morgan fingerprint density at radius 1 is 1.22 bits per heavy atom. The molecule has 3 amide bonds. The second-order valence-electron chi connectivity index (χ2n) is 6.68. The van der Waals surface area contributed by atoms with Gasteiger partial charge in [0.05, 0.1) is 11.1 Å². The van der Waals surface area contributed by atoms with Crippen LogP contribution in [0.4, 0.5) is 9.18 Å². The summed E-state index contributed by atoms with van der Waals surface area (Å²) in [6.45, 7) is 0.217. The van der Waals surface area contributed by atoms with E-state index in [1.807, 2.05) is 18.2 Å². The van der Waals surface area contributed by atoms with Gasteiger partial charge in [-0.1, -0.05) is 41.4 Å². The minimum Gasteiger partial charge on any atom is -0.347 e. The molecule has 1 fully saturated rings. The summed E-state index contributed by atoms with van der Waals surface area (Å²) in [5, 5.41) is 8.80. The minimum absolute atomic E-state index is 0.00627. The van der Waals surface area contributed by atoms with E-state index in [0.29, 0.717) is 17.0 Å². The Balaban J connectivity index is 1.64. The van der Waals surface area contributed by atoms with Crippen LogP contribution in [0.25, 0.3) is 0 Å². The molecule has 0 aromatic heterocycles. The topological polar surface area (TPSA) is 70.2 Å². The lowest BCUT2D eigenvalue weighted by molar-refractivity contribution is -0.123. The summed E-state index contributed by atoms with van der Waals surface area (Å²) in [5.74, 6) is -0.849. The molecule has 1 aliphatic heterocycles. The van der Waals surface area contributed by atoms with Gasteiger partial charge in [0.2, 0.25) is 5.91 Å². The summed E-state index contributed by atoms with van der Waals surface area (Å²) in [6.07, 6.45) is 0.685. The molecule has 5 nitrogen and oxygen atoms in total. The van der Waals surface area contributed by atoms with Gasteiger partial charge in [0.25, 0.3) is 0 Å². The molecule has 0 radical (unpaired) electrons. The monoisotopic (exact) mass is 407 g/mol. The van der Waals surface area contributed by atoms with E-state index in [2.05, 4.69) is 16.0 Å². The van der Waals surface area contributed by atoms with Gasteiger partial charge < -0.3 is 16.0 Å². The molecule has 0 bridgehead atoms. The highest BCUT2D eigenvalue weighted by Gasteiger charge is 2.38. The zero-order chi connectivity index (χ0) is 19.1. The van der Waals surface area contributed by atoms with Gasteiger partial charge in [0.15, 0.2) is 0 Å². The number of hydrogen-bond donors (Lipinski definition) is 3. The molecule has 0 unspecified atom stereocenters. The third-order valence-electron chi connectivity index (χ3n) is 5.07. The fourth-order valence-electron chi connectivity index (χ4n) is 3.62. The lowest BCUT2D eigenvalue weighted by atomic mass is 9.71. The first-order valence-corrected chi connectivity index (χ1v) is 9.26. The fraction of sp³-hybridized carbons (Fsp3) is 0.263. The summed E-state index contributed by atoms with van der Waals surface area (Å²) in [6, 6.07) is 8.64. The molecule has 1 saturated heterocycles. The van der Waals surface area contributed by atoms with E-state index in [1.165, 1.54) is 12.1 Å². The summed E-state index contributed by atoms with van der Waals surface area (Å²) < 4.78 is 13.6. The minimum atomic E-state index is -0.658. The van der Waals surface area contributed by atoms with Crippen LogP contribution in [0.5, 0.6) is 0 Å². The predicted molar refractivity (Wildman–Crippen MR) is 101 cm³/mol. The fourth-order valence-corrected chi connectivity index (χ4v) is 4.07. The van der Waals surface area contributed by atoms with Crippen molar-refractivity contribution in [2.75, 3.05) is 6.54 Å². The molecule has 3 N–H and O–H groups in total. The van der Waals surface area contributed by atoms with Crippen LogP contribution >= 0.6 is 23.2 Å². The SMILES string of the molecule is O=C1NC[C@@H](C(=O)N[C@@H](c2ccc(F)c(Cl)c2)[C@H]2Cc3c(Cl)cccc32)N1. The molecular formula is C19H16Cl2FN3O2. The zero-order valence-electron chi connectivity index (χ0n) is 14.1. The average Bonchev–Trinajstić information content (AvgIpc) is 3.05. The Kier molecular flexibility index (Phi) is 4.70. The van der Waals surface area contributed by atoms with E-state index in [1.54, 1.807) is 6.07 Å². The van der Waals surface area contributed by atoms with Crippen molar-refractivity contribution < 1.29 is 14.0 Å². The standard InChI is InChI=1S/C19H16Cl2FN3O2/c20-13-3-1-2-10-11(13)7-12(10)17(9-4-5-15(22)14(21)6-9)25-18(26)16-8-23-19(27)24-16/h1-6,12,16-17H,7-8H2,(H,25,26)(H2,23,24,27)/t12-,16-,17-/m0/s1. The van der Waals surface area contributed by atoms with Crippen molar-refractivity contribution >= 4 is 35.1 Å². The number of amides is 3. The highest BCUT2D eigenvalue weighted by molar-refractivity contribution is 6.31. The number of carbonyl (C=O) groups is 2. The molecule has 1 heterocycles. The van der Waals surface area contributed by atoms with E-state index in [9.17, 15) is 14.0 Å². The van der Waals surface area contributed by atoms with Gasteiger partial charge in [-0.05, 0) is 41.3 Å². The summed E-state index contributed by atoms with van der Waals surface area (Å²) >= 11 is 12.2. The number of carbonyl (C=O) groups excluding carboxylic acids is 2. The highest BCUT2D eigenvalue weighted by Crippen LogP contribution is 2.46. The molecule has 0 spiro atoms. The Hall–Kier alpha value is -2.31. The molecular weight excluding hydrogens is 392 g/mol. The zero-order valence-corrected chi connectivity index (χ0v) is 15.6. The molecule has 2 aromatic rings. The van der Waals surface area contributed by atoms with Crippen molar-refractivity contribution in [1.29, 1.82) is 0 Å². The maximum atomic E-state index is 13.6. The number of urea groups is 1. The van der Waals surface area contributed by atoms with E-state index < -0.39 is 17.9 Å². The predicted octanol–water partition coefficient (Wildman–Crippen LogP) is 3.31. The third-order valence-corrected chi connectivity index (χ3v) is 5.71. The van der Waals surface area contributed by atoms with Crippen LogP contribution in [-0.2, 0) is 11.2 Å². The van der Waals surface area contributed by atoms with Gasteiger partial charge in [0.1, 0.15) is 11.9 Å². The second-order valence-corrected chi connectivity index (χ2v) is 7.50. The molecule has 27 heavy (non-hydrogen) atoms. The smallest absolute Gasteiger partial charge is 0.315 e.